The zero-order valence-electron chi connectivity index (χ0n) is 15.9. The van der Waals surface area contributed by atoms with Crippen LogP contribution in [0.3, 0.4) is 0 Å². The third-order valence-electron chi connectivity index (χ3n) is 3.57. The maximum absolute atomic E-state index is 12.1. The van der Waals surface area contributed by atoms with Crippen LogP contribution in [0.2, 0.25) is 0 Å². The topological polar surface area (TPSA) is 93.1 Å². The molecule has 1 amide bonds. The van der Waals surface area contributed by atoms with Crippen LogP contribution >= 0.6 is 0 Å². The van der Waals surface area contributed by atoms with Crippen molar-refractivity contribution in [2.24, 2.45) is 5.92 Å². The van der Waals surface area contributed by atoms with E-state index in [0.29, 0.717) is 5.56 Å². The molecular weight excluding hydrogens is 338 g/mol. The molecule has 0 aromatic heterocycles. The van der Waals surface area contributed by atoms with E-state index in [9.17, 15) is 19.5 Å². The molecule has 1 aromatic rings. The van der Waals surface area contributed by atoms with Crippen molar-refractivity contribution in [1.82, 2.24) is 4.90 Å². The third kappa shape index (κ3) is 7.13. The molecule has 7 heteroatoms. The normalized spacial score (nSPS) is 13.4. The number of hydrogen-bond donors (Lipinski definition) is 1. The second kappa shape index (κ2) is 9.22. The number of likely N-dealkylation sites (N-methyl/N-ethyl adjacent to an activating group) is 1. The summed E-state index contributed by atoms with van der Waals surface area (Å²) >= 11 is 0. The number of esters is 1. The number of benzene rings is 1. The molecule has 1 aromatic carbocycles. The molecule has 144 valence electrons. The molecule has 0 saturated carbocycles. The van der Waals surface area contributed by atoms with Gasteiger partial charge in [-0.15, -0.1) is 0 Å². The number of carboxylic acids is 1. The first-order valence-electron chi connectivity index (χ1n) is 8.42. The second-order valence-corrected chi connectivity index (χ2v) is 7.25. The summed E-state index contributed by atoms with van der Waals surface area (Å²) < 4.78 is 10.4. The Bertz CT molecular complexity index is 623. The Balaban J connectivity index is 2.62. The van der Waals surface area contributed by atoms with Crippen molar-refractivity contribution in [2.75, 3.05) is 13.7 Å². The summed E-state index contributed by atoms with van der Waals surface area (Å²) in [6, 6.07) is 7.47. The minimum absolute atomic E-state index is 0.0552. The second-order valence-electron chi connectivity index (χ2n) is 7.25. The van der Waals surface area contributed by atoms with Crippen LogP contribution in [0.1, 0.15) is 44.5 Å². The van der Waals surface area contributed by atoms with Gasteiger partial charge in [0.1, 0.15) is 11.6 Å². The van der Waals surface area contributed by atoms with Crippen molar-refractivity contribution in [3.05, 3.63) is 35.9 Å². The van der Waals surface area contributed by atoms with Gasteiger partial charge < -0.3 is 14.6 Å². The van der Waals surface area contributed by atoms with Crippen LogP contribution in [0.25, 0.3) is 0 Å². The zero-order chi connectivity index (χ0) is 19.9. The summed E-state index contributed by atoms with van der Waals surface area (Å²) in [4.78, 5) is 36.6. The van der Waals surface area contributed by atoms with Crippen LogP contribution in [-0.2, 0) is 14.3 Å². The molecule has 1 rings (SSSR count). The lowest BCUT2D eigenvalue weighted by atomic mass is 10.0. The quantitative estimate of drug-likeness (QED) is 0.746. The minimum Gasteiger partial charge on any atom is -0.480 e. The summed E-state index contributed by atoms with van der Waals surface area (Å²) in [6.07, 6.45) is -0.578. The summed E-state index contributed by atoms with van der Waals surface area (Å²) in [5.41, 5.74) is -0.286. The van der Waals surface area contributed by atoms with E-state index in [1.165, 1.54) is 7.05 Å². The van der Waals surface area contributed by atoms with E-state index in [4.69, 9.17) is 9.47 Å². The number of carboxylic acid groups (broad SMARTS) is 1. The van der Waals surface area contributed by atoms with Crippen LogP contribution in [-0.4, -0.2) is 53.3 Å². The van der Waals surface area contributed by atoms with Crippen LogP contribution in [0, 0.1) is 5.92 Å². The van der Waals surface area contributed by atoms with Crippen molar-refractivity contribution in [2.45, 2.75) is 45.8 Å². The van der Waals surface area contributed by atoms with Crippen LogP contribution < -0.4 is 0 Å². The van der Waals surface area contributed by atoms with Crippen molar-refractivity contribution < 1.29 is 29.0 Å². The van der Waals surface area contributed by atoms with Gasteiger partial charge >= 0.3 is 18.0 Å². The van der Waals surface area contributed by atoms with E-state index >= 15 is 0 Å². The Labute approximate surface area is 153 Å². The maximum Gasteiger partial charge on any atom is 0.410 e. The lowest BCUT2D eigenvalue weighted by Gasteiger charge is -2.29. The highest BCUT2D eigenvalue weighted by Gasteiger charge is 2.31. The largest absolute Gasteiger partial charge is 0.480 e. The minimum atomic E-state index is -1.14. The van der Waals surface area contributed by atoms with E-state index in [2.05, 4.69) is 0 Å². The molecule has 1 N–H and O–H groups in total. The van der Waals surface area contributed by atoms with Crippen molar-refractivity contribution in [1.29, 1.82) is 0 Å². The van der Waals surface area contributed by atoms with Gasteiger partial charge in [-0.2, -0.15) is 0 Å². The van der Waals surface area contributed by atoms with Crippen LogP contribution in [0.4, 0.5) is 4.79 Å². The third-order valence-corrected chi connectivity index (χ3v) is 3.57. The standard InChI is InChI=1S/C19H27NO6/c1-13(12-25-17(23)14-9-7-6-8-10-14)11-15(16(21)22)20(5)18(24)26-19(2,3)4/h6-10,13,15H,11-12H2,1-5H3,(H,21,22)/t13?,15-/m0/s1. The highest BCUT2D eigenvalue weighted by atomic mass is 16.6. The summed E-state index contributed by atoms with van der Waals surface area (Å²) in [5, 5.41) is 9.44. The average molecular weight is 365 g/mol. The maximum atomic E-state index is 12.1. The van der Waals surface area contributed by atoms with E-state index in [1.54, 1.807) is 58.0 Å². The number of ether oxygens (including phenoxy) is 2. The number of aliphatic carboxylic acids is 1. The van der Waals surface area contributed by atoms with Crippen molar-refractivity contribution in [3.63, 3.8) is 0 Å². The van der Waals surface area contributed by atoms with Crippen LogP contribution in [0.5, 0.6) is 0 Å². The summed E-state index contributed by atoms with van der Waals surface area (Å²) in [7, 11) is 1.38. The molecule has 7 nitrogen and oxygen atoms in total. The lowest BCUT2D eigenvalue weighted by molar-refractivity contribution is -0.143. The molecule has 0 heterocycles. The number of carbonyl (C=O) groups is 3. The summed E-state index contributed by atoms with van der Waals surface area (Å²) in [5.74, 6) is -1.86. The van der Waals surface area contributed by atoms with E-state index < -0.39 is 29.7 Å². The molecule has 0 radical (unpaired) electrons. The zero-order valence-corrected chi connectivity index (χ0v) is 15.9. The molecule has 2 atom stereocenters. The van der Waals surface area contributed by atoms with Gasteiger partial charge in [0.15, 0.2) is 0 Å². The van der Waals surface area contributed by atoms with Gasteiger partial charge in [0.05, 0.1) is 12.2 Å². The summed E-state index contributed by atoms with van der Waals surface area (Å²) in [6.45, 7) is 6.94. The van der Waals surface area contributed by atoms with Crippen LogP contribution in [0.15, 0.2) is 30.3 Å². The fourth-order valence-electron chi connectivity index (χ4n) is 2.21. The number of nitrogens with zero attached hydrogens (tertiary/aromatic N) is 1. The Hall–Kier alpha value is -2.57. The number of carbonyl (C=O) groups excluding carboxylic acids is 2. The number of amides is 1. The fraction of sp³-hybridized carbons (Fsp3) is 0.526. The van der Waals surface area contributed by atoms with E-state index in [1.807, 2.05) is 0 Å². The highest BCUT2D eigenvalue weighted by molar-refractivity contribution is 5.89. The first-order chi connectivity index (χ1) is 12.0. The fourth-order valence-corrected chi connectivity index (χ4v) is 2.21. The molecule has 0 saturated heterocycles. The molecular formula is C19H27NO6. The van der Waals surface area contributed by atoms with Gasteiger partial charge in [-0.3, -0.25) is 4.90 Å². The monoisotopic (exact) mass is 365 g/mol. The van der Waals surface area contributed by atoms with Gasteiger partial charge in [0.2, 0.25) is 0 Å². The highest BCUT2D eigenvalue weighted by Crippen LogP contribution is 2.16. The molecule has 0 spiro atoms. The first kappa shape index (κ1) is 21.5. The van der Waals surface area contributed by atoms with Crippen molar-refractivity contribution in [3.8, 4) is 0 Å². The lowest BCUT2D eigenvalue weighted by Crippen LogP contribution is -2.45. The number of hydrogen-bond acceptors (Lipinski definition) is 5. The molecule has 1 unspecified atom stereocenters. The molecule has 0 aliphatic rings. The molecule has 0 aliphatic carbocycles. The first-order valence-corrected chi connectivity index (χ1v) is 8.42. The van der Waals surface area contributed by atoms with Gasteiger partial charge in [-0.05, 0) is 45.2 Å². The average Bonchev–Trinajstić information content (AvgIpc) is 2.55. The van der Waals surface area contributed by atoms with Gasteiger partial charge in [0, 0.05) is 7.05 Å². The SMILES string of the molecule is CC(COC(=O)c1ccccc1)C[C@@H](C(=O)O)N(C)C(=O)OC(C)(C)C. The van der Waals surface area contributed by atoms with Crippen molar-refractivity contribution >= 4 is 18.0 Å². The number of rotatable bonds is 7. The Morgan fingerprint density at radius 2 is 1.73 bits per heavy atom. The van der Waals surface area contributed by atoms with E-state index in [-0.39, 0.29) is 18.9 Å². The van der Waals surface area contributed by atoms with Gasteiger partial charge in [-0.1, -0.05) is 25.1 Å². The Kier molecular flexibility index (Phi) is 7.61. The molecule has 0 fully saturated rings. The van der Waals surface area contributed by atoms with E-state index in [0.717, 1.165) is 4.90 Å². The predicted octanol–water partition coefficient (Wildman–Crippen LogP) is 3.19. The molecule has 0 bridgehead atoms. The smallest absolute Gasteiger partial charge is 0.410 e. The predicted molar refractivity (Wildman–Crippen MR) is 95.9 cm³/mol. The van der Waals surface area contributed by atoms with Gasteiger partial charge in [0.25, 0.3) is 0 Å². The molecule has 0 aliphatic heterocycles. The Morgan fingerprint density at radius 1 is 1.15 bits per heavy atom. The Morgan fingerprint density at radius 3 is 2.23 bits per heavy atom. The van der Waals surface area contributed by atoms with Gasteiger partial charge in [-0.25, -0.2) is 14.4 Å². The molecule has 26 heavy (non-hydrogen) atoms.